The van der Waals surface area contributed by atoms with Crippen LogP contribution >= 0.6 is 0 Å². The van der Waals surface area contributed by atoms with Crippen LogP contribution in [0.3, 0.4) is 0 Å². The number of nitrogens with zero attached hydrogens (tertiary/aromatic N) is 2. The predicted molar refractivity (Wildman–Crippen MR) is 63.0 cm³/mol. The Balaban J connectivity index is 2.40. The van der Waals surface area contributed by atoms with Crippen molar-refractivity contribution in [2.45, 2.75) is 11.3 Å². The van der Waals surface area contributed by atoms with E-state index in [1.165, 1.54) is 6.07 Å². The number of anilines is 2. The predicted octanol–water partition coefficient (Wildman–Crippen LogP) is 1.21. The molecule has 0 fully saturated rings. The van der Waals surface area contributed by atoms with Gasteiger partial charge in [-0.3, -0.25) is 4.72 Å². The van der Waals surface area contributed by atoms with Gasteiger partial charge < -0.3 is 5.73 Å². The molecular weight excluding hydrogens is 299 g/mol. The summed E-state index contributed by atoms with van der Waals surface area (Å²) in [6.45, 7) is 0. The molecule has 0 saturated heterocycles. The lowest BCUT2D eigenvalue weighted by Gasteiger charge is -2.13. The molecule has 4 N–H and O–H groups in total. The number of nitrogens with two attached hydrogens (primary N) is 1. The second-order valence-electron chi connectivity index (χ2n) is 3.65. The summed E-state index contributed by atoms with van der Waals surface area (Å²) in [5, 5.41) is 4.62. The van der Waals surface area contributed by atoms with Gasteiger partial charge in [-0.1, -0.05) is 12.1 Å². The van der Waals surface area contributed by atoms with E-state index in [2.05, 4.69) is 15.2 Å². The number of hydrogen-bond donors (Lipinski definition) is 3. The van der Waals surface area contributed by atoms with Crippen LogP contribution < -0.4 is 10.5 Å². The van der Waals surface area contributed by atoms with Crippen molar-refractivity contribution in [3.05, 3.63) is 29.8 Å². The molecule has 1 aromatic carbocycles. The molecule has 2 aromatic rings. The van der Waals surface area contributed by atoms with Crippen LogP contribution in [0, 0.1) is 0 Å². The molecule has 0 radical (unpaired) electrons. The van der Waals surface area contributed by atoms with Crippen LogP contribution in [0.1, 0.15) is 5.56 Å². The van der Waals surface area contributed by atoms with Gasteiger partial charge in [0, 0.05) is 0 Å². The Morgan fingerprint density at radius 1 is 1.25 bits per heavy atom. The number of nitrogens with one attached hydrogen (secondary N) is 2. The maximum Gasteiger partial charge on any atom is 0.418 e. The molecule has 0 aliphatic rings. The topological polar surface area (TPSA) is 114 Å². The minimum atomic E-state index is -4.70. The molecule has 0 atom stereocenters. The number of benzene rings is 1. The summed E-state index contributed by atoms with van der Waals surface area (Å²) in [7, 11) is -4.36. The summed E-state index contributed by atoms with van der Waals surface area (Å²) in [6, 6.07) is 4.14. The summed E-state index contributed by atoms with van der Waals surface area (Å²) in [6.07, 6.45) is -4.70. The van der Waals surface area contributed by atoms with Crippen LogP contribution in [-0.2, 0) is 16.2 Å². The van der Waals surface area contributed by atoms with Crippen molar-refractivity contribution in [1.29, 1.82) is 0 Å². The largest absolute Gasteiger partial charge is 0.418 e. The minimum absolute atomic E-state index is 0.269. The number of H-pyrrole nitrogens is 1. The average molecular weight is 307 g/mol. The van der Waals surface area contributed by atoms with Crippen molar-refractivity contribution in [3.8, 4) is 0 Å². The SMILES string of the molecule is Nc1nc(S(=O)(=O)Nc2ccccc2C(F)(F)F)n[nH]1. The monoisotopic (exact) mass is 307 g/mol. The molecule has 0 aliphatic carbocycles. The van der Waals surface area contributed by atoms with E-state index in [1.807, 2.05) is 0 Å². The summed E-state index contributed by atoms with van der Waals surface area (Å²) >= 11 is 0. The Morgan fingerprint density at radius 3 is 2.45 bits per heavy atom. The van der Waals surface area contributed by atoms with Gasteiger partial charge in [-0.15, -0.1) is 5.10 Å². The number of aromatic nitrogens is 3. The number of hydrogen-bond acceptors (Lipinski definition) is 5. The number of nitrogen functional groups attached to an aromatic ring is 1. The van der Waals surface area contributed by atoms with Crippen molar-refractivity contribution in [2.75, 3.05) is 10.5 Å². The van der Waals surface area contributed by atoms with Gasteiger partial charge in [0.05, 0.1) is 11.3 Å². The Kier molecular flexibility index (Phi) is 3.29. The third-order valence-corrected chi connectivity index (χ3v) is 3.35. The van der Waals surface area contributed by atoms with Crippen molar-refractivity contribution in [1.82, 2.24) is 15.2 Å². The average Bonchev–Trinajstić information content (AvgIpc) is 2.75. The van der Waals surface area contributed by atoms with E-state index >= 15 is 0 Å². The fraction of sp³-hybridized carbons (Fsp3) is 0.111. The Hall–Kier alpha value is -2.30. The highest BCUT2D eigenvalue weighted by atomic mass is 32.2. The normalized spacial score (nSPS) is 12.3. The molecule has 0 bridgehead atoms. The Labute approximate surface area is 111 Å². The van der Waals surface area contributed by atoms with Crippen molar-refractivity contribution in [2.24, 2.45) is 0 Å². The first-order chi connectivity index (χ1) is 9.20. The quantitative estimate of drug-likeness (QED) is 0.788. The second-order valence-corrected chi connectivity index (χ2v) is 5.23. The zero-order chi connectivity index (χ0) is 15.0. The van der Waals surface area contributed by atoms with Gasteiger partial charge in [-0.2, -0.15) is 26.6 Å². The second kappa shape index (κ2) is 4.67. The van der Waals surface area contributed by atoms with E-state index in [1.54, 1.807) is 4.72 Å². The van der Waals surface area contributed by atoms with Crippen LogP contribution in [0.25, 0.3) is 0 Å². The highest BCUT2D eigenvalue weighted by molar-refractivity contribution is 7.92. The van der Waals surface area contributed by atoms with E-state index in [9.17, 15) is 21.6 Å². The number of alkyl halides is 3. The van der Waals surface area contributed by atoms with Gasteiger partial charge >= 0.3 is 6.18 Å². The molecule has 0 saturated carbocycles. The molecule has 1 aromatic heterocycles. The van der Waals surface area contributed by atoms with Crippen molar-refractivity contribution in [3.63, 3.8) is 0 Å². The van der Waals surface area contributed by atoms with E-state index in [0.29, 0.717) is 0 Å². The fourth-order valence-corrected chi connectivity index (χ4v) is 2.33. The first kappa shape index (κ1) is 14.1. The molecule has 2 rings (SSSR count). The first-order valence-electron chi connectivity index (χ1n) is 5.07. The third-order valence-electron chi connectivity index (χ3n) is 2.20. The molecule has 0 aliphatic heterocycles. The maximum absolute atomic E-state index is 12.7. The van der Waals surface area contributed by atoms with Gasteiger partial charge in [0.2, 0.25) is 5.95 Å². The number of aromatic amines is 1. The molecule has 7 nitrogen and oxygen atoms in total. The zero-order valence-corrected chi connectivity index (χ0v) is 10.5. The highest BCUT2D eigenvalue weighted by Crippen LogP contribution is 2.35. The summed E-state index contributed by atoms with van der Waals surface area (Å²) in [5.74, 6) is -0.269. The molecule has 11 heteroatoms. The number of para-hydroxylation sites is 1. The molecule has 0 unspecified atom stereocenters. The van der Waals surface area contributed by atoms with Crippen LogP contribution in [0.15, 0.2) is 29.4 Å². The van der Waals surface area contributed by atoms with Crippen molar-refractivity contribution >= 4 is 21.7 Å². The van der Waals surface area contributed by atoms with E-state index in [4.69, 9.17) is 5.73 Å². The molecule has 1 heterocycles. The molecule has 20 heavy (non-hydrogen) atoms. The minimum Gasteiger partial charge on any atom is -0.368 e. The molecule has 0 amide bonds. The summed E-state index contributed by atoms with van der Waals surface area (Å²) in [5.41, 5.74) is 3.43. The van der Waals surface area contributed by atoms with E-state index in [-0.39, 0.29) is 5.95 Å². The standard InChI is InChI=1S/C9H8F3N5O2S/c10-9(11,12)5-3-1-2-4-6(5)17-20(18,19)8-14-7(13)15-16-8/h1-4,17H,(H3,13,14,15,16). The van der Waals surface area contributed by atoms with Crippen LogP contribution in [0.2, 0.25) is 0 Å². The zero-order valence-electron chi connectivity index (χ0n) is 9.64. The Morgan fingerprint density at radius 2 is 1.90 bits per heavy atom. The maximum atomic E-state index is 12.7. The fourth-order valence-electron chi connectivity index (χ4n) is 1.39. The Bertz CT molecular complexity index is 725. The van der Waals surface area contributed by atoms with Gasteiger partial charge in [-0.25, -0.2) is 5.10 Å². The lowest BCUT2D eigenvalue weighted by Crippen LogP contribution is -2.18. The molecular formula is C9H8F3N5O2S. The third kappa shape index (κ3) is 2.82. The van der Waals surface area contributed by atoms with Gasteiger partial charge in [0.15, 0.2) is 0 Å². The van der Waals surface area contributed by atoms with Crippen molar-refractivity contribution < 1.29 is 21.6 Å². The first-order valence-corrected chi connectivity index (χ1v) is 6.55. The van der Waals surface area contributed by atoms with Crippen LogP contribution in [-0.4, -0.2) is 23.6 Å². The van der Waals surface area contributed by atoms with Crippen LogP contribution in [0.5, 0.6) is 0 Å². The summed E-state index contributed by atoms with van der Waals surface area (Å²) < 4.78 is 63.6. The molecule has 0 spiro atoms. The number of halogens is 3. The van der Waals surface area contributed by atoms with E-state index < -0.39 is 32.6 Å². The van der Waals surface area contributed by atoms with Gasteiger partial charge in [-0.05, 0) is 12.1 Å². The lowest BCUT2D eigenvalue weighted by atomic mass is 10.2. The highest BCUT2D eigenvalue weighted by Gasteiger charge is 2.34. The van der Waals surface area contributed by atoms with E-state index in [0.717, 1.165) is 18.2 Å². The van der Waals surface area contributed by atoms with Crippen LogP contribution in [0.4, 0.5) is 24.8 Å². The van der Waals surface area contributed by atoms with Gasteiger partial charge in [0.25, 0.3) is 15.2 Å². The van der Waals surface area contributed by atoms with Gasteiger partial charge in [0.1, 0.15) is 0 Å². The summed E-state index contributed by atoms with van der Waals surface area (Å²) in [4.78, 5) is 3.35. The number of rotatable bonds is 3. The molecule has 108 valence electrons. The smallest absolute Gasteiger partial charge is 0.368 e. The number of sulfonamides is 1. The lowest BCUT2D eigenvalue weighted by molar-refractivity contribution is -0.136.